The maximum absolute atomic E-state index is 2.46. The SMILES string of the molecule is CC1(C)c2c(ccc3ccccc23)-c2ccc3sc4cc(-c5c6ccccc6c(-c6ccc7cc(-c8ccccc8)ccc7c6)c6ccccc56)ccc4c3c21. The standard InChI is InChI=1S/C55H36S/c1-55(2)53-40-15-7-6-14-34(40)24-26-45(53)46-28-29-48-52(54(46)55)47-27-25-39(32-49(47)56-48)51-43-18-10-8-16-41(43)50(42-17-9-11-19-44(42)51)38-23-22-36-30-35(20-21-37(36)31-38)33-12-4-3-5-13-33/h3-32H,1-2H3. The molecule has 56 heavy (non-hydrogen) atoms. The number of hydrogen-bond donors (Lipinski definition) is 0. The molecule has 0 amide bonds. The molecule has 1 heteroatoms. The maximum Gasteiger partial charge on any atom is 0.0361 e. The molecular weight excluding hydrogens is 693 g/mol. The first-order chi connectivity index (χ1) is 27.5. The van der Waals surface area contributed by atoms with E-state index < -0.39 is 0 Å². The van der Waals surface area contributed by atoms with Gasteiger partial charge in [0.1, 0.15) is 0 Å². The van der Waals surface area contributed by atoms with E-state index >= 15 is 0 Å². The lowest BCUT2D eigenvalue weighted by Gasteiger charge is -2.24. The van der Waals surface area contributed by atoms with Crippen LogP contribution in [0.1, 0.15) is 25.0 Å². The Morgan fingerprint density at radius 3 is 1.55 bits per heavy atom. The van der Waals surface area contributed by atoms with Crippen LogP contribution in [-0.2, 0) is 5.41 Å². The minimum absolute atomic E-state index is 0.118. The van der Waals surface area contributed by atoms with Crippen molar-refractivity contribution in [1.82, 2.24) is 0 Å². The van der Waals surface area contributed by atoms with E-state index in [2.05, 4.69) is 196 Å². The third-order valence-corrected chi connectivity index (χ3v) is 13.7. The molecule has 0 saturated heterocycles. The Morgan fingerprint density at radius 2 is 0.857 bits per heavy atom. The van der Waals surface area contributed by atoms with E-state index in [1.807, 2.05) is 11.3 Å². The van der Waals surface area contributed by atoms with Crippen molar-refractivity contribution in [2.24, 2.45) is 0 Å². The van der Waals surface area contributed by atoms with Crippen molar-refractivity contribution in [1.29, 1.82) is 0 Å². The summed E-state index contributed by atoms with van der Waals surface area (Å²) in [5.74, 6) is 0. The first-order valence-corrected chi connectivity index (χ1v) is 20.4. The van der Waals surface area contributed by atoms with Gasteiger partial charge in [0.25, 0.3) is 0 Å². The van der Waals surface area contributed by atoms with Gasteiger partial charge in [0.2, 0.25) is 0 Å². The van der Waals surface area contributed by atoms with E-state index in [-0.39, 0.29) is 5.41 Å². The fourth-order valence-corrected chi connectivity index (χ4v) is 11.3. The van der Waals surface area contributed by atoms with E-state index in [0.29, 0.717) is 0 Å². The predicted molar refractivity (Wildman–Crippen MR) is 243 cm³/mol. The van der Waals surface area contributed by atoms with Crippen LogP contribution in [0.5, 0.6) is 0 Å². The summed E-state index contributed by atoms with van der Waals surface area (Å²) in [7, 11) is 0. The largest absolute Gasteiger partial charge is 0.135 e. The summed E-state index contributed by atoms with van der Waals surface area (Å²) in [5.41, 5.74) is 13.1. The lowest BCUT2D eigenvalue weighted by molar-refractivity contribution is 0.673. The molecule has 0 spiro atoms. The van der Waals surface area contributed by atoms with Gasteiger partial charge in [-0.3, -0.25) is 0 Å². The molecule has 0 N–H and O–H groups in total. The highest BCUT2D eigenvalue weighted by molar-refractivity contribution is 7.25. The molecule has 1 aliphatic rings. The summed E-state index contributed by atoms with van der Waals surface area (Å²) in [6.07, 6.45) is 0. The van der Waals surface area contributed by atoms with Gasteiger partial charge in [-0.1, -0.05) is 172 Å². The molecule has 0 bridgehead atoms. The van der Waals surface area contributed by atoms with Gasteiger partial charge in [0.05, 0.1) is 0 Å². The van der Waals surface area contributed by atoms with Crippen molar-refractivity contribution in [2.75, 3.05) is 0 Å². The molecule has 0 saturated carbocycles. The number of benzene rings is 10. The topological polar surface area (TPSA) is 0 Å². The highest BCUT2D eigenvalue weighted by Gasteiger charge is 2.39. The van der Waals surface area contributed by atoms with E-state index in [4.69, 9.17) is 0 Å². The smallest absolute Gasteiger partial charge is 0.0361 e. The van der Waals surface area contributed by atoms with Crippen LogP contribution in [-0.4, -0.2) is 0 Å². The Morgan fingerprint density at radius 1 is 0.339 bits per heavy atom. The summed E-state index contributed by atoms with van der Waals surface area (Å²) in [6.45, 7) is 4.86. The van der Waals surface area contributed by atoms with Crippen molar-refractivity contribution in [3.8, 4) is 44.5 Å². The summed E-state index contributed by atoms with van der Waals surface area (Å²) < 4.78 is 2.70. The Balaban J connectivity index is 1.04. The van der Waals surface area contributed by atoms with Gasteiger partial charge in [0.15, 0.2) is 0 Å². The molecule has 0 fully saturated rings. The summed E-state index contributed by atoms with van der Waals surface area (Å²) >= 11 is 1.93. The molecule has 1 heterocycles. The molecule has 1 aromatic heterocycles. The van der Waals surface area contributed by atoms with Crippen LogP contribution in [0.4, 0.5) is 0 Å². The highest BCUT2D eigenvalue weighted by Crippen LogP contribution is 2.56. The first kappa shape index (κ1) is 31.8. The number of thiophene rings is 1. The maximum atomic E-state index is 2.46. The zero-order chi connectivity index (χ0) is 37.1. The lowest BCUT2D eigenvalue weighted by atomic mass is 9.78. The van der Waals surface area contributed by atoms with Gasteiger partial charge >= 0.3 is 0 Å². The zero-order valence-electron chi connectivity index (χ0n) is 31.2. The predicted octanol–water partition coefficient (Wildman–Crippen LogP) is 16.0. The average molecular weight is 729 g/mol. The van der Waals surface area contributed by atoms with Crippen molar-refractivity contribution in [3.63, 3.8) is 0 Å². The van der Waals surface area contributed by atoms with Crippen LogP contribution in [0.3, 0.4) is 0 Å². The monoisotopic (exact) mass is 728 g/mol. The minimum Gasteiger partial charge on any atom is -0.135 e. The molecule has 10 aromatic carbocycles. The number of fused-ring (bicyclic) bond motifs is 12. The minimum atomic E-state index is -0.118. The Hall–Kier alpha value is -6.54. The number of rotatable bonds is 3. The second-order valence-corrected chi connectivity index (χ2v) is 17.1. The van der Waals surface area contributed by atoms with Gasteiger partial charge in [-0.2, -0.15) is 0 Å². The van der Waals surface area contributed by atoms with Gasteiger partial charge in [-0.15, -0.1) is 11.3 Å². The van der Waals surface area contributed by atoms with Gasteiger partial charge < -0.3 is 0 Å². The summed E-state index contributed by atoms with van der Waals surface area (Å²) in [4.78, 5) is 0. The molecule has 0 aliphatic heterocycles. The van der Waals surface area contributed by atoms with Crippen LogP contribution < -0.4 is 0 Å². The summed E-state index contributed by atoms with van der Waals surface area (Å²) in [5, 5.41) is 13.1. The highest BCUT2D eigenvalue weighted by atomic mass is 32.1. The quantitative estimate of drug-likeness (QED) is 0.159. The van der Waals surface area contributed by atoms with Crippen LogP contribution in [0, 0.1) is 0 Å². The first-order valence-electron chi connectivity index (χ1n) is 19.6. The van der Waals surface area contributed by atoms with Crippen molar-refractivity contribution < 1.29 is 0 Å². The molecule has 262 valence electrons. The fraction of sp³-hybridized carbons (Fsp3) is 0.0545. The molecule has 1 aliphatic carbocycles. The second kappa shape index (κ2) is 11.7. The molecule has 0 radical (unpaired) electrons. The van der Waals surface area contributed by atoms with Crippen LogP contribution >= 0.6 is 11.3 Å². The summed E-state index contributed by atoms with van der Waals surface area (Å²) in [6, 6.07) is 68.0. The zero-order valence-corrected chi connectivity index (χ0v) is 32.0. The van der Waals surface area contributed by atoms with E-state index in [9.17, 15) is 0 Å². The Labute approximate surface area is 329 Å². The molecule has 0 atom stereocenters. The third-order valence-electron chi connectivity index (χ3n) is 12.6. The average Bonchev–Trinajstić information content (AvgIpc) is 3.73. The van der Waals surface area contributed by atoms with Crippen LogP contribution in [0.15, 0.2) is 182 Å². The van der Waals surface area contributed by atoms with E-state index in [0.717, 1.165) is 0 Å². The number of hydrogen-bond acceptors (Lipinski definition) is 1. The van der Waals surface area contributed by atoms with Crippen molar-refractivity contribution in [3.05, 3.63) is 193 Å². The second-order valence-electron chi connectivity index (χ2n) is 16.0. The molecular formula is C55H36S. The fourth-order valence-electron chi connectivity index (χ4n) is 10.2. The van der Waals surface area contributed by atoms with Crippen molar-refractivity contribution in [2.45, 2.75) is 19.3 Å². The van der Waals surface area contributed by atoms with E-state index in [1.54, 1.807) is 0 Å². The van der Waals surface area contributed by atoms with Gasteiger partial charge in [-0.25, -0.2) is 0 Å². The van der Waals surface area contributed by atoms with Crippen LogP contribution in [0.2, 0.25) is 0 Å². The van der Waals surface area contributed by atoms with Crippen LogP contribution in [0.25, 0.3) is 108 Å². The molecule has 11 aromatic rings. The lowest BCUT2D eigenvalue weighted by Crippen LogP contribution is -2.16. The molecule has 0 unspecified atom stereocenters. The Kier molecular flexibility index (Phi) is 6.66. The van der Waals surface area contributed by atoms with Crippen molar-refractivity contribution >= 4 is 74.6 Å². The Bertz CT molecular complexity index is 3380. The van der Waals surface area contributed by atoms with E-state index in [1.165, 1.54) is 119 Å². The van der Waals surface area contributed by atoms with Gasteiger partial charge in [0, 0.05) is 25.6 Å². The third kappa shape index (κ3) is 4.47. The van der Waals surface area contributed by atoms with Gasteiger partial charge in [-0.05, 0) is 123 Å². The molecule has 0 nitrogen and oxygen atoms in total. The normalized spacial score (nSPS) is 13.3. The molecule has 12 rings (SSSR count).